The lowest BCUT2D eigenvalue weighted by Crippen LogP contribution is -3.11. The monoisotopic (exact) mass is 165 g/mol. The maximum absolute atomic E-state index is 4.88. The largest absolute Gasteiger partial charge is 0.344 e. The molecular weight excluding hydrogens is 152 g/mol. The normalized spacial score (nSPS) is 19.2. The summed E-state index contributed by atoms with van der Waals surface area (Å²) in [6.07, 6.45) is 2.63. The van der Waals surface area contributed by atoms with Crippen LogP contribution in [0, 0.1) is 0 Å². The zero-order chi connectivity index (χ0) is 5.98. The van der Waals surface area contributed by atoms with Crippen LogP contribution in [0.4, 0.5) is 0 Å². The van der Waals surface area contributed by atoms with Gasteiger partial charge in [0, 0.05) is 12.8 Å². The quantitative estimate of drug-likeness (QED) is 0.350. The molecule has 0 saturated carbocycles. The molecule has 1 rings (SSSR count). The summed E-state index contributed by atoms with van der Waals surface area (Å²) in [5, 5.41) is 0. The molecule has 1 heterocycles. The summed E-state index contributed by atoms with van der Waals surface area (Å²) < 4.78 is 0.836. The first-order valence-electron chi connectivity index (χ1n) is 2.88. The van der Waals surface area contributed by atoms with Crippen LogP contribution in [0.3, 0.4) is 0 Å². The average molecular weight is 165 g/mol. The molecule has 54 valence electrons. The lowest BCUT2D eigenvalue weighted by atomic mass is 10.4. The van der Waals surface area contributed by atoms with E-state index < -0.39 is 0 Å². The van der Waals surface area contributed by atoms with E-state index in [1.807, 2.05) is 0 Å². The van der Waals surface area contributed by atoms with Gasteiger partial charge in [-0.1, -0.05) is 12.6 Å². The molecule has 4 heteroatoms. The van der Waals surface area contributed by atoms with Crippen LogP contribution in [0.2, 0.25) is 0 Å². The average Bonchev–Trinajstić information content (AvgIpc) is 2.12. The Hall–Kier alpha value is 0.360. The zero-order valence-corrected chi connectivity index (χ0v) is 7.10. The number of hydrogen-bond donors (Lipinski definition) is 3. The number of thiocarbonyl (C=S) groups is 1. The first-order valence-corrected chi connectivity index (χ1v) is 3.74. The molecule has 9 heavy (non-hydrogen) atoms. The molecule has 0 aromatic carbocycles. The van der Waals surface area contributed by atoms with Gasteiger partial charge in [0.05, 0.1) is 13.1 Å². The Morgan fingerprint density at radius 1 is 1.33 bits per heavy atom. The second kappa shape index (κ2) is 4.22. The van der Waals surface area contributed by atoms with Crippen molar-refractivity contribution >= 4 is 29.2 Å². The number of thiol groups is 1. The predicted octanol–water partition coefficient (Wildman–Crippen LogP) is 0.0418. The van der Waals surface area contributed by atoms with E-state index in [9.17, 15) is 0 Å². The third-order valence-electron chi connectivity index (χ3n) is 1.51. The van der Waals surface area contributed by atoms with Crippen LogP contribution in [0.1, 0.15) is 12.8 Å². The molecule has 2 nitrogen and oxygen atoms in total. The van der Waals surface area contributed by atoms with Crippen LogP contribution in [0.15, 0.2) is 0 Å². The minimum absolute atomic E-state index is 0. The molecule has 0 spiro atoms. The molecule has 0 aromatic heterocycles. The minimum atomic E-state index is 0. The summed E-state index contributed by atoms with van der Waals surface area (Å²) in [4.78, 5) is 1.39. The van der Waals surface area contributed by atoms with Crippen molar-refractivity contribution in [1.82, 2.24) is 6.15 Å². The van der Waals surface area contributed by atoms with Crippen LogP contribution in [-0.2, 0) is 0 Å². The lowest BCUT2D eigenvalue weighted by molar-refractivity contribution is -0.783. The van der Waals surface area contributed by atoms with Gasteiger partial charge in [0.15, 0.2) is 0 Å². The van der Waals surface area contributed by atoms with Crippen molar-refractivity contribution in [2.45, 2.75) is 12.8 Å². The second-order valence-electron chi connectivity index (χ2n) is 2.12. The minimum Gasteiger partial charge on any atom is -0.344 e. The van der Waals surface area contributed by atoms with Crippen molar-refractivity contribution < 1.29 is 4.90 Å². The van der Waals surface area contributed by atoms with E-state index in [1.165, 1.54) is 30.8 Å². The molecule has 4 N–H and O–H groups in total. The van der Waals surface area contributed by atoms with Gasteiger partial charge < -0.3 is 6.15 Å². The summed E-state index contributed by atoms with van der Waals surface area (Å²) >= 11 is 8.97. The predicted molar refractivity (Wildman–Crippen MR) is 46.5 cm³/mol. The van der Waals surface area contributed by atoms with E-state index in [0.29, 0.717) is 0 Å². The number of likely N-dealkylation sites (tertiary alicyclic amines) is 1. The van der Waals surface area contributed by atoms with Gasteiger partial charge >= 0.3 is 0 Å². The van der Waals surface area contributed by atoms with E-state index in [0.717, 1.165) is 4.32 Å². The molecule has 0 aliphatic carbocycles. The van der Waals surface area contributed by atoms with Gasteiger partial charge in [0.2, 0.25) is 4.32 Å². The highest BCUT2D eigenvalue weighted by atomic mass is 32.1. The fourth-order valence-corrected chi connectivity index (χ4v) is 1.44. The number of rotatable bonds is 0. The third kappa shape index (κ3) is 2.62. The maximum atomic E-state index is 4.88. The van der Waals surface area contributed by atoms with Crippen molar-refractivity contribution in [2.75, 3.05) is 13.1 Å². The second-order valence-corrected chi connectivity index (χ2v) is 3.27. The first kappa shape index (κ1) is 9.36. The van der Waals surface area contributed by atoms with Gasteiger partial charge in [-0.3, -0.25) is 4.90 Å². The van der Waals surface area contributed by atoms with E-state index in [4.69, 9.17) is 12.2 Å². The summed E-state index contributed by atoms with van der Waals surface area (Å²) in [6.45, 7) is 2.39. The number of quaternary nitrogens is 1. The summed E-state index contributed by atoms with van der Waals surface area (Å²) in [5.41, 5.74) is 0. The van der Waals surface area contributed by atoms with Crippen LogP contribution in [-0.4, -0.2) is 17.4 Å². The molecule has 0 aromatic rings. The maximum Gasteiger partial charge on any atom is 0.228 e. The van der Waals surface area contributed by atoms with Crippen molar-refractivity contribution in [1.29, 1.82) is 0 Å². The van der Waals surface area contributed by atoms with Crippen molar-refractivity contribution in [3.8, 4) is 0 Å². The molecule has 1 aliphatic heterocycles. The summed E-state index contributed by atoms with van der Waals surface area (Å²) in [6, 6.07) is 0. The van der Waals surface area contributed by atoms with Crippen LogP contribution in [0.25, 0.3) is 0 Å². The Morgan fingerprint density at radius 2 is 1.78 bits per heavy atom. The van der Waals surface area contributed by atoms with Gasteiger partial charge in [-0.2, -0.15) is 0 Å². The third-order valence-corrected chi connectivity index (χ3v) is 2.11. The molecule has 0 bridgehead atoms. The number of hydrogen-bond acceptors (Lipinski definition) is 2. The Balaban J connectivity index is 0.000000640. The SMILES string of the molecule is N.S=C(S)[NH+]1CCCC1. The van der Waals surface area contributed by atoms with Gasteiger partial charge in [-0.15, -0.1) is 0 Å². The van der Waals surface area contributed by atoms with Crippen LogP contribution in [0.5, 0.6) is 0 Å². The van der Waals surface area contributed by atoms with Gasteiger partial charge in [-0.25, -0.2) is 0 Å². The first-order chi connectivity index (χ1) is 3.80. The van der Waals surface area contributed by atoms with Crippen LogP contribution >= 0.6 is 24.8 Å². The van der Waals surface area contributed by atoms with E-state index in [2.05, 4.69) is 12.6 Å². The number of nitrogens with one attached hydrogen (secondary N) is 1. The highest BCUT2D eigenvalue weighted by molar-refractivity contribution is 8.10. The fourth-order valence-electron chi connectivity index (χ4n) is 1.02. The lowest BCUT2D eigenvalue weighted by Gasteiger charge is -2.05. The van der Waals surface area contributed by atoms with E-state index in [-0.39, 0.29) is 6.15 Å². The van der Waals surface area contributed by atoms with Gasteiger partial charge in [-0.05, 0) is 12.2 Å². The highest BCUT2D eigenvalue weighted by Crippen LogP contribution is 1.88. The molecule has 0 unspecified atom stereocenters. The molecular formula is C5H13N2S2+. The molecule has 1 fully saturated rings. The van der Waals surface area contributed by atoms with Crippen molar-refractivity contribution in [3.63, 3.8) is 0 Å². The van der Waals surface area contributed by atoms with Gasteiger partial charge in [0.1, 0.15) is 0 Å². The van der Waals surface area contributed by atoms with E-state index in [1.54, 1.807) is 0 Å². The molecule has 0 radical (unpaired) electrons. The molecule has 1 saturated heterocycles. The Kier molecular flexibility index (Phi) is 4.39. The fraction of sp³-hybridized carbons (Fsp3) is 0.800. The van der Waals surface area contributed by atoms with Crippen molar-refractivity contribution in [2.24, 2.45) is 0 Å². The standard InChI is InChI=1S/C5H9NS2.H3N/c7-5(8)6-3-1-2-4-6;/h1-4H2,(H,7,8);1H3/p+1. The zero-order valence-electron chi connectivity index (χ0n) is 5.39. The summed E-state index contributed by atoms with van der Waals surface area (Å²) in [5.74, 6) is 0. The Morgan fingerprint density at radius 3 is 2.00 bits per heavy atom. The van der Waals surface area contributed by atoms with Gasteiger partial charge in [0.25, 0.3) is 0 Å². The highest BCUT2D eigenvalue weighted by Gasteiger charge is 2.16. The van der Waals surface area contributed by atoms with E-state index >= 15 is 0 Å². The topological polar surface area (TPSA) is 39.4 Å². The van der Waals surface area contributed by atoms with Crippen LogP contribution < -0.4 is 11.1 Å². The molecule has 1 aliphatic rings. The Labute approximate surface area is 66.6 Å². The molecule has 0 amide bonds. The smallest absolute Gasteiger partial charge is 0.228 e. The van der Waals surface area contributed by atoms with Crippen molar-refractivity contribution in [3.05, 3.63) is 0 Å². The Bertz CT molecular complexity index is 99.1. The molecule has 0 atom stereocenters. The summed E-state index contributed by atoms with van der Waals surface area (Å²) in [7, 11) is 0.